The van der Waals surface area contributed by atoms with Gasteiger partial charge >= 0.3 is 0 Å². The van der Waals surface area contributed by atoms with Crippen molar-refractivity contribution in [3.8, 4) is 34.5 Å². The number of piperazine rings is 1. The molecular formula is C23H20N8. The average Bonchev–Trinajstić information content (AvgIpc) is 3.44. The van der Waals surface area contributed by atoms with Crippen LogP contribution in [0.2, 0.25) is 0 Å². The highest BCUT2D eigenvalue weighted by atomic mass is 15.3. The van der Waals surface area contributed by atoms with Crippen molar-refractivity contribution in [2.75, 3.05) is 31.1 Å². The second kappa shape index (κ2) is 7.51. The van der Waals surface area contributed by atoms with Crippen LogP contribution in [0.4, 0.5) is 5.69 Å². The van der Waals surface area contributed by atoms with E-state index in [0.717, 1.165) is 59.6 Å². The molecule has 0 N–H and O–H groups in total. The number of anilines is 1. The summed E-state index contributed by atoms with van der Waals surface area (Å²) in [7, 11) is 1.89. The second-order valence-corrected chi connectivity index (χ2v) is 7.63. The zero-order chi connectivity index (χ0) is 21.4. The number of hydrogen-bond donors (Lipinski definition) is 0. The van der Waals surface area contributed by atoms with Gasteiger partial charge in [0.15, 0.2) is 6.19 Å². The van der Waals surface area contributed by atoms with Crippen LogP contribution < -0.4 is 4.90 Å². The van der Waals surface area contributed by atoms with Crippen LogP contribution in [0.3, 0.4) is 0 Å². The fourth-order valence-corrected chi connectivity index (χ4v) is 4.07. The van der Waals surface area contributed by atoms with Crippen LogP contribution in [0.25, 0.3) is 27.8 Å². The van der Waals surface area contributed by atoms with Gasteiger partial charge in [-0.3, -0.25) is 4.68 Å². The molecular weight excluding hydrogens is 388 g/mol. The third kappa shape index (κ3) is 3.34. The molecule has 1 fully saturated rings. The molecule has 4 heterocycles. The number of aryl methyl sites for hydroxylation is 1. The maximum atomic E-state index is 9.59. The highest BCUT2D eigenvalue weighted by Gasteiger charge is 2.17. The van der Waals surface area contributed by atoms with Crippen molar-refractivity contribution in [1.29, 1.82) is 10.5 Å². The van der Waals surface area contributed by atoms with Gasteiger partial charge in [-0.05, 0) is 23.8 Å². The van der Waals surface area contributed by atoms with E-state index in [1.807, 2.05) is 25.6 Å². The van der Waals surface area contributed by atoms with Crippen molar-refractivity contribution in [2.24, 2.45) is 7.05 Å². The molecule has 3 aromatic heterocycles. The summed E-state index contributed by atoms with van der Waals surface area (Å²) in [6.07, 6.45) is 9.54. The summed E-state index contributed by atoms with van der Waals surface area (Å²) in [6, 6.07) is 12.7. The fraction of sp³-hybridized carbons (Fsp3) is 0.217. The Bertz CT molecular complexity index is 1320. The van der Waals surface area contributed by atoms with E-state index < -0.39 is 0 Å². The number of fused-ring (bicyclic) bond motifs is 1. The minimum atomic E-state index is 0.546. The molecule has 0 radical (unpaired) electrons. The summed E-state index contributed by atoms with van der Waals surface area (Å²) in [5.74, 6) is 0. The average molecular weight is 408 g/mol. The third-order valence-electron chi connectivity index (χ3n) is 5.73. The van der Waals surface area contributed by atoms with Crippen LogP contribution in [-0.2, 0) is 7.05 Å². The summed E-state index contributed by atoms with van der Waals surface area (Å²) in [5.41, 5.74) is 6.43. The molecule has 0 atom stereocenters. The zero-order valence-electron chi connectivity index (χ0n) is 17.1. The molecule has 8 nitrogen and oxygen atoms in total. The number of benzene rings is 1. The van der Waals surface area contributed by atoms with Crippen molar-refractivity contribution in [2.45, 2.75) is 0 Å². The molecule has 5 rings (SSSR count). The summed E-state index contributed by atoms with van der Waals surface area (Å²) in [5, 5.41) is 27.3. The first-order valence-electron chi connectivity index (χ1n) is 10.1. The molecule has 0 unspecified atom stereocenters. The number of aromatic nitrogens is 4. The Morgan fingerprint density at radius 3 is 2.29 bits per heavy atom. The van der Waals surface area contributed by atoms with Crippen LogP contribution in [-0.4, -0.2) is 50.5 Å². The van der Waals surface area contributed by atoms with E-state index >= 15 is 0 Å². The van der Waals surface area contributed by atoms with Gasteiger partial charge in [-0.2, -0.15) is 20.7 Å². The van der Waals surface area contributed by atoms with E-state index in [0.29, 0.717) is 5.56 Å². The van der Waals surface area contributed by atoms with E-state index in [2.05, 4.69) is 57.7 Å². The Hall–Kier alpha value is -4.30. The van der Waals surface area contributed by atoms with Crippen LogP contribution in [0.15, 0.2) is 55.1 Å². The lowest BCUT2D eigenvalue weighted by Gasteiger charge is -2.33. The normalized spacial score (nSPS) is 13.9. The van der Waals surface area contributed by atoms with Gasteiger partial charge in [0.05, 0.1) is 23.5 Å². The van der Waals surface area contributed by atoms with Gasteiger partial charge in [0.1, 0.15) is 6.07 Å². The molecule has 1 aliphatic rings. The van der Waals surface area contributed by atoms with Gasteiger partial charge in [-0.15, -0.1) is 0 Å². The maximum Gasteiger partial charge on any atom is 0.179 e. The van der Waals surface area contributed by atoms with Crippen LogP contribution in [0.5, 0.6) is 0 Å². The Kier molecular flexibility index (Phi) is 4.53. The van der Waals surface area contributed by atoms with Gasteiger partial charge in [-0.25, -0.2) is 4.52 Å². The number of rotatable bonds is 3. The molecule has 31 heavy (non-hydrogen) atoms. The summed E-state index contributed by atoms with van der Waals surface area (Å²) >= 11 is 0. The molecule has 1 saturated heterocycles. The molecule has 8 heteroatoms. The lowest BCUT2D eigenvalue weighted by Crippen LogP contribution is -2.44. The maximum absolute atomic E-state index is 9.59. The first kappa shape index (κ1) is 18.7. The van der Waals surface area contributed by atoms with E-state index in [-0.39, 0.29) is 0 Å². The van der Waals surface area contributed by atoms with E-state index in [4.69, 9.17) is 5.26 Å². The van der Waals surface area contributed by atoms with E-state index in [1.165, 1.54) is 0 Å². The molecule has 1 aromatic carbocycles. The molecule has 0 amide bonds. The van der Waals surface area contributed by atoms with Crippen LogP contribution >= 0.6 is 0 Å². The Balaban J connectivity index is 1.55. The summed E-state index contributed by atoms with van der Waals surface area (Å²) < 4.78 is 3.54. The standard InChI is InChI=1S/C23H20N8/c1-28-14-20(13-26-28)18-10-22(23-19(11-24)12-27-31(23)15-18)17-2-4-21(5-3-17)30-8-6-29(16-25)7-9-30/h2-5,10,12-15H,6-9H2,1H3. The quantitative estimate of drug-likeness (QED) is 0.484. The fourth-order valence-electron chi connectivity index (χ4n) is 4.07. The number of nitriles is 2. The number of hydrogen-bond acceptors (Lipinski definition) is 6. The first-order chi connectivity index (χ1) is 15.2. The molecule has 4 aromatic rings. The highest BCUT2D eigenvalue weighted by Crippen LogP contribution is 2.33. The summed E-state index contributed by atoms with van der Waals surface area (Å²) in [4.78, 5) is 4.08. The molecule has 0 bridgehead atoms. The highest BCUT2D eigenvalue weighted by molar-refractivity contribution is 5.88. The minimum absolute atomic E-state index is 0.546. The minimum Gasteiger partial charge on any atom is -0.368 e. The van der Waals surface area contributed by atoms with Crippen LogP contribution in [0, 0.1) is 22.8 Å². The predicted molar refractivity (Wildman–Crippen MR) is 117 cm³/mol. The van der Waals surface area contributed by atoms with Gasteiger partial charge in [-0.1, -0.05) is 12.1 Å². The topological polar surface area (TPSA) is 89.2 Å². The van der Waals surface area contributed by atoms with Crippen molar-refractivity contribution >= 4 is 11.2 Å². The SMILES string of the molecule is Cn1cc(-c2cc(-c3ccc(N4CCN(C#N)CC4)cc3)c3c(C#N)cnn3c2)cn1. The second-order valence-electron chi connectivity index (χ2n) is 7.63. The predicted octanol–water partition coefficient (Wildman–Crippen LogP) is 2.88. The zero-order valence-corrected chi connectivity index (χ0v) is 17.1. The van der Waals surface area contributed by atoms with Gasteiger partial charge in [0.2, 0.25) is 0 Å². The Labute approximate surface area is 179 Å². The monoisotopic (exact) mass is 408 g/mol. The van der Waals surface area contributed by atoms with Gasteiger partial charge < -0.3 is 9.80 Å². The third-order valence-corrected chi connectivity index (χ3v) is 5.73. The van der Waals surface area contributed by atoms with E-state index in [9.17, 15) is 5.26 Å². The number of pyridine rings is 1. The first-order valence-corrected chi connectivity index (χ1v) is 10.1. The molecule has 0 aliphatic carbocycles. The molecule has 0 spiro atoms. The molecule has 152 valence electrons. The Morgan fingerprint density at radius 2 is 1.65 bits per heavy atom. The molecule has 0 saturated carbocycles. The Morgan fingerprint density at radius 1 is 0.871 bits per heavy atom. The number of nitrogens with zero attached hydrogens (tertiary/aromatic N) is 8. The van der Waals surface area contributed by atoms with Crippen molar-refractivity contribution in [1.82, 2.24) is 24.3 Å². The summed E-state index contributed by atoms with van der Waals surface area (Å²) in [6.45, 7) is 3.14. The van der Waals surface area contributed by atoms with Gasteiger partial charge in [0, 0.05) is 68.0 Å². The van der Waals surface area contributed by atoms with E-state index in [1.54, 1.807) is 20.3 Å². The largest absolute Gasteiger partial charge is 0.368 e. The smallest absolute Gasteiger partial charge is 0.179 e. The van der Waals surface area contributed by atoms with Crippen molar-refractivity contribution in [3.63, 3.8) is 0 Å². The molecule has 1 aliphatic heterocycles. The van der Waals surface area contributed by atoms with Crippen molar-refractivity contribution in [3.05, 3.63) is 60.7 Å². The lowest BCUT2D eigenvalue weighted by atomic mass is 9.99. The van der Waals surface area contributed by atoms with Gasteiger partial charge in [0.25, 0.3) is 0 Å². The van der Waals surface area contributed by atoms with Crippen molar-refractivity contribution < 1.29 is 0 Å². The lowest BCUT2D eigenvalue weighted by molar-refractivity contribution is 0.363. The van der Waals surface area contributed by atoms with Crippen LogP contribution in [0.1, 0.15) is 5.56 Å².